The van der Waals surface area contributed by atoms with Gasteiger partial charge in [-0.3, -0.25) is 9.55 Å². The molecule has 0 saturated carbocycles. The lowest BCUT2D eigenvalue weighted by molar-refractivity contribution is -0.137. The number of ether oxygens (including phenoxy) is 1. The van der Waals surface area contributed by atoms with E-state index in [4.69, 9.17) is 4.74 Å². The van der Waals surface area contributed by atoms with Crippen LogP contribution in [0.2, 0.25) is 0 Å². The van der Waals surface area contributed by atoms with Gasteiger partial charge in [0.05, 0.1) is 24.0 Å². The van der Waals surface area contributed by atoms with Crippen molar-refractivity contribution < 1.29 is 28.1 Å². The molecule has 0 aliphatic carbocycles. The van der Waals surface area contributed by atoms with Crippen molar-refractivity contribution >= 4 is 0 Å². The zero-order chi connectivity index (χ0) is 18.7. The summed E-state index contributed by atoms with van der Waals surface area (Å²) < 4.78 is 46.0. The largest absolute Gasteiger partial charge is 0.494 e. The van der Waals surface area contributed by atoms with E-state index in [1.54, 1.807) is 0 Å². The van der Waals surface area contributed by atoms with Gasteiger partial charge in [-0.2, -0.15) is 13.2 Å². The third-order valence-electron chi connectivity index (χ3n) is 3.76. The maximum Gasteiger partial charge on any atom is 0.417 e. The van der Waals surface area contributed by atoms with Gasteiger partial charge in [0.2, 0.25) is 0 Å². The molecule has 3 rings (SSSR count). The van der Waals surface area contributed by atoms with Gasteiger partial charge in [-0.05, 0) is 18.2 Å². The summed E-state index contributed by atoms with van der Waals surface area (Å²) in [6.45, 7) is 0.333. The highest BCUT2D eigenvalue weighted by molar-refractivity contribution is 5.64. The van der Waals surface area contributed by atoms with Crippen LogP contribution in [0.25, 0.3) is 11.3 Å². The van der Waals surface area contributed by atoms with Gasteiger partial charge >= 0.3 is 6.18 Å². The molecule has 5 nitrogen and oxygen atoms in total. The van der Waals surface area contributed by atoms with E-state index in [0.29, 0.717) is 5.75 Å². The lowest BCUT2D eigenvalue weighted by Crippen LogP contribution is -2.08. The monoisotopic (exact) mass is 364 g/mol. The molecule has 0 spiro atoms. The van der Waals surface area contributed by atoms with Gasteiger partial charge in [-0.15, -0.1) is 0 Å². The van der Waals surface area contributed by atoms with E-state index in [1.807, 2.05) is 0 Å². The summed E-state index contributed by atoms with van der Waals surface area (Å²) in [5.41, 5.74) is -0.570. The lowest BCUT2D eigenvalue weighted by Gasteiger charge is -2.13. The van der Waals surface area contributed by atoms with Crippen LogP contribution in [0.3, 0.4) is 0 Å². The predicted molar refractivity (Wildman–Crippen MR) is 87.9 cm³/mol. The van der Waals surface area contributed by atoms with E-state index in [9.17, 15) is 23.4 Å². The molecule has 0 aliphatic rings. The van der Waals surface area contributed by atoms with Crippen molar-refractivity contribution in [3.05, 3.63) is 60.3 Å². The highest BCUT2D eigenvalue weighted by Crippen LogP contribution is 2.36. The minimum atomic E-state index is -4.46. The maximum atomic E-state index is 13.1. The number of alkyl halides is 3. The van der Waals surface area contributed by atoms with Gasteiger partial charge in [0, 0.05) is 17.7 Å². The molecule has 136 valence electrons. The molecule has 2 N–H and O–H groups in total. The van der Waals surface area contributed by atoms with Crippen LogP contribution in [-0.2, 0) is 12.7 Å². The van der Waals surface area contributed by atoms with Gasteiger partial charge in [0.15, 0.2) is 11.8 Å². The molecule has 0 fully saturated rings. The molecule has 0 unspecified atom stereocenters. The highest BCUT2D eigenvalue weighted by atomic mass is 19.4. The fourth-order valence-corrected chi connectivity index (χ4v) is 2.51. The van der Waals surface area contributed by atoms with Gasteiger partial charge in [0.1, 0.15) is 12.4 Å². The van der Waals surface area contributed by atoms with Crippen molar-refractivity contribution in [3.8, 4) is 28.8 Å². The standard InChI is InChI=1S/C18H15F3N2O3/c19-18(20,21)14-4-2-1-3-13(14)15-6-5-12(11-22-15)26-10-9-23-16(24)7-8-17(23)25/h1-8,11,24-25H,9-10H2. The maximum absolute atomic E-state index is 13.1. The number of hydrogen-bond donors (Lipinski definition) is 2. The number of aromatic hydroxyl groups is 2. The van der Waals surface area contributed by atoms with Crippen molar-refractivity contribution in [1.29, 1.82) is 0 Å². The molecule has 0 radical (unpaired) electrons. The average molecular weight is 364 g/mol. The van der Waals surface area contributed by atoms with Crippen LogP contribution < -0.4 is 4.74 Å². The van der Waals surface area contributed by atoms with Crippen molar-refractivity contribution in [1.82, 2.24) is 9.55 Å². The predicted octanol–water partition coefficient (Wildman–Crippen LogP) is 4.06. The number of halogens is 3. The van der Waals surface area contributed by atoms with Crippen LogP contribution in [0.5, 0.6) is 17.5 Å². The molecule has 1 aromatic carbocycles. The van der Waals surface area contributed by atoms with E-state index in [1.165, 1.54) is 53.2 Å². The number of aromatic nitrogens is 2. The van der Waals surface area contributed by atoms with Crippen molar-refractivity contribution in [2.75, 3.05) is 6.61 Å². The third-order valence-corrected chi connectivity index (χ3v) is 3.76. The molecule has 0 atom stereocenters. The number of nitrogens with zero attached hydrogens (tertiary/aromatic N) is 2. The summed E-state index contributed by atoms with van der Waals surface area (Å²) in [5.74, 6) is 0.177. The Morgan fingerprint density at radius 3 is 2.27 bits per heavy atom. The van der Waals surface area contributed by atoms with Crippen LogP contribution in [0.1, 0.15) is 5.56 Å². The molecule has 8 heteroatoms. The quantitative estimate of drug-likeness (QED) is 0.717. The van der Waals surface area contributed by atoms with Crippen LogP contribution in [0, 0.1) is 0 Å². The van der Waals surface area contributed by atoms with Crippen LogP contribution >= 0.6 is 0 Å². The third kappa shape index (κ3) is 3.74. The molecular weight excluding hydrogens is 349 g/mol. The van der Waals surface area contributed by atoms with E-state index in [-0.39, 0.29) is 36.2 Å². The number of pyridine rings is 1. The summed E-state index contributed by atoms with van der Waals surface area (Å²) in [5, 5.41) is 19.1. The molecular formula is C18H15F3N2O3. The molecule has 0 aliphatic heterocycles. The molecule has 2 aromatic heterocycles. The zero-order valence-corrected chi connectivity index (χ0v) is 13.4. The SMILES string of the molecule is Oc1ccc(O)n1CCOc1ccc(-c2ccccc2C(F)(F)F)nc1. The Labute approximate surface area is 146 Å². The molecule has 0 saturated heterocycles. The first-order chi connectivity index (χ1) is 12.4. The summed E-state index contributed by atoms with van der Waals surface area (Å²) >= 11 is 0. The zero-order valence-electron chi connectivity index (χ0n) is 13.4. The van der Waals surface area contributed by atoms with E-state index >= 15 is 0 Å². The molecule has 0 amide bonds. The number of benzene rings is 1. The summed E-state index contributed by atoms with van der Waals surface area (Å²) in [4.78, 5) is 4.04. The Kier molecular flexibility index (Phi) is 4.75. The average Bonchev–Trinajstić information content (AvgIpc) is 2.93. The lowest BCUT2D eigenvalue weighted by atomic mass is 10.0. The highest BCUT2D eigenvalue weighted by Gasteiger charge is 2.33. The first kappa shape index (κ1) is 17.7. The fraction of sp³-hybridized carbons (Fsp3) is 0.167. The van der Waals surface area contributed by atoms with Crippen LogP contribution in [0.4, 0.5) is 13.2 Å². The van der Waals surface area contributed by atoms with Gasteiger partial charge in [0.25, 0.3) is 0 Å². The molecule has 3 aromatic rings. The summed E-state index contributed by atoms with van der Waals surface area (Å²) in [6, 6.07) is 10.9. The molecule has 26 heavy (non-hydrogen) atoms. The smallest absolute Gasteiger partial charge is 0.417 e. The topological polar surface area (TPSA) is 67.5 Å². The Balaban J connectivity index is 1.70. The molecule has 0 bridgehead atoms. The first-order valence-electron chi connectivity index (χ1n) is 7.69. The van der Waals surface area contributed by atoms with Crippen molar-refractivity contribution in [2.24, 2.45) is 0 Å². The van der Waals surface area contributed by atoms with Crippen LogP contribution in [0.15, 0.2) is 54.7 Å². The minimum Gasteiger partial charge on any atom is -0.494 e. The van der Waals surface area contributed by atoms with Gasteiger partial charge < -0.3 is 14.9 Å². The second-order valence-corrected chi connectivity index (χ2v) is 5.47. The Morgan fingerprint density at radius 1 is 0.962 bits per heavy atom. The summed E-state index contributed by atoms with van der Waals surface area (Å²) in [7, 11) is 0. The minimum absolute atomic E-state index is 0.00580. The number of rotatable bonds is 5. The van der Waals surface area contributed by atoms with E-state index in [0.717, 1.165) is 6.07 Å². The van der Waals surface area contributed by atoms with Crippen molar-refractivity contribution in [3.63, 3.8) is 0 Å². The normalized spacial score (nSPS) is 11.5. The Morgan fingerprint density at radius 2 is 1.65 bits per heavy atom. The fourth-order valence-electron chi connectivity index (χ4n) is 2.51. The second kappa shape index (κ2) is 6.99. The number of hydrogen-bond acceptors (Lipinski definition) is 4. The van der Waals surface area contributed by atoms with Gasteiger partial charge in [-0.25, -0.2) is 0 Å². The van der Waals surface area contributed by atoms with Gasteiger partial charge in [-0.1, -0.05) is 18.2 Å². The molecule has 2 heterocycles. The Hall–Kier alpha value is -3.16. The first-order valence-corrected chi connectivity index (χ1v) is 7.69. The van der Waals surface area contributed by atoms with E-state index in [2.05, 4.69) is 4.98 Å². The van der Waals surface area contributed by atoms with Crippen LogP contribution in [-0.4, -0.2) is 26.4 Å². The van der Waals surface area contributed by atoms with E-state index < -0.39 is 11.7 Å². The Bertz CT molecular complexity index is 870. The second-order valence-electron chi connectivity index (χ2n) is 5.47. The summed E-state index contributed by atoms with van der Waals surface area (Å²) in [6.07, 6.45) is -3.13. The van der Waals surface area contributed by atoms with Crippen molar-refractivity contribution in [2.45, 2.75) is 12.7 Å².